The van der Waals surface area contributed by atoms with Gasteiger partial charge in [-0.3, -0.25) is 4.98 Å². The molecule has 1 heterocycles. The monoisotopic (exact) mass is 155 g/mol. The molecule has 10 heavy (non-hydrogen) atoms. The Morgan fingerprint density at radius 2 is 2.20 bits per heavy atom. The van der Waals surface area contributed by atoms with Crippen LogP contribution in [-0.2, 0) is 5.88 Å². The molecule has 0 saturated heterocycles. The van der Waals surface area contributed by atoms with Gasteiger partial charge in [0.15, 0.2) is 0 Å². The zero-order valence-electron chi connectivity index (χ0n) is 6.19. The Kier molecular flexibility index (Phi) is 2.28. The number of pyridine rings is 1. The lowest BCUT2D eigenvalue weighted by Crippen LogP contribution is -1.91. The van der Waals surface area contributed by atoms with Gasteiger partial charge in [-0.25, -0.2) is 0 Å². The maximum absolute atomic E-state index is 5.64. The molecule has 0 bridgehead atoms. The highest BCUT2D eigenvalue weighted by molar-refractivity contribution is 6.17. The van der Waals surface area contributed by atoms with Crippen molar-refractivity contribution in [3.63, 3.8) is 0 Å². The number of nitrogens with zero attached hydrogens (tertiary/aromatic N) is 1. The zero-order valence-corrected chi connectivity index (χ0v) is 6.94. The van der Waals surface area contributed by atoms with Crippen LogP contribution in [0.2, 0.25) is 0 Å². The number of aromatic nitrogens is 1. The van der Waals surface area contributed by atoms with Gasteiger partial charge < -0.3 is 0 Å². The normalized spacial score (nSPS) is 9.90. The number of rotatable bonds is 1. The van der Waals surface area contributed by atoms with E-state index in [4.69, 9.17) is 11.6 Å². The summed E-state index contributed by atoms with van der Waals surface area (Å²) in [5, 5.41) is 0. The van der Waals surface area contributed by atoms with Gasteiger partial charge in [-0.2, -0.15) is 0 Å². The molecule has 0 atom stereocenters. The number of halogens is 1. The van der Waals surface area contributed by atoms with E-state index in [-0.39, 0.29) is 0 Å². The second-order valence-corrected chi connectivity index (χ2v) is 2.60. The summed E-state index contributed by atoms with van der Waals surface area (Å²) in [6.45, 7) is 4.10. The first kappa shape index (κ1) is 7.55. The molecular formula is C8H10ClN. The third kappa shape index (κ3) is 1.29. The largest absolute Gasteiger partial charge is 0.260 e. The Morgan fingerprint density at radius 1 is 1.50 bits per heavy atom. The lowest BCUT2D eigenvalue weighted by molar-refractivity contribution is 1.10. The van der Waals surface area contributed by atoms with E-state index < -0.39 is 0 Å². The predicted molar refractivity (Wildman–Crippen MR) is 43.3 cm³/mol. The Hall–Kier alpha value is -0.560. The van der Waals surface area contributed by atoms with E-state index in [0.717, 1.165) is 5.69 Å². The van der Waals surface area contributed by atoms with Crippen LogP contribution in [0, 0.1) is 13.8 Å². The van der Waals surface area contributed by atoms with E-state index in [0.29, 0.717) is 5.88 Å². The summed E-state index contributed by atoms with van der Waals surface area (Å²) in [4.78, 5) is 4.13. The highest BCUT2D eigenvalue weighted by atomic mass is 35.5. The molecule has 54 valence electrons. The van der Waals surface area contributed by atoms with Crippen LogP contribution in [-0.4, -0.2) is 4.98 Å². The highest BCUT2D eigenvalue weighted by Gasteiger charge is 1.98. The van der Waals surface area contributed by atoms with Crippen molar-refractivity contribution in [1.29, 1.82) is 0 Å². The SMILES string of the molecule is Cc1ccnc(CCl)c1C. The molecule has 0 spiro atoms. The van der Waals surface area contributed by atoms with Gasteiger partial charge >= 0.3 is 0 Å². The summed E-state index contributed by atoms with van der Waals surface area (Å²) >= 11 is 5.64. The van der Waals surface area contributed by atoms with Gasteiger partial charge in [-0.1, -0.05) is 0 Å². The molecule has 1 nitrogen and oxygen atoms in total. The fourth-order valence-electron chi connectivity index (χ4n) is 0.823. The number of hydrogen-bond donors (Lipinski definition) is 0. The molecule has 1 aromatic heterocycles. The molecule has 0 unspecified atom stereocenters. The molecule has 0 aliphatic heterocycles. The molecule has 0 amide bonds. The van der Waals surface area contributed by atoms with Gasteiger partial charge in [0.25, 0.3) is 0 Å². The number of alkyl halides is 1. The minimum Gasteiger partial charge on any atom is -0.260 e. The van der Waals surface area contributed by atoms with Crippen LogP contribution < -0.4 is 0 Å². The zero-order chi connectivity index (χ0) is 7.56. The van der Waals surface area contributed by atoms with E-state index in [1.54, 1.807) is 6.20 Å². The van der Waals surface area contributed by atoms with Gasteiger partial charge in [-0.05, 0) is 31.0 Å². The van der Waals surface area contributed by atoms with Gasteiger partial charge in [0.2, 0.25) is 0 Å². The molecule has 1 rings (SSSR count). The maximum atomic E-state index is 5.64. The lowest BCUT2D eigenvalue weighted by Gasteiger charge is -2.02. The van der Waals surface area contributed by atoms with Crippen LogP contribution in [0.3, 0.4) is 0 Å². The van der Waals surface area contributed by atoms with Crippen LogP contribution in [0.1, 0.15) is 16.8 Å². The molecule has 0 N–H and O–H groups in total. The van der Waals surface area contributed by atoms with Crippen LogP contribution in [0.5, 0.6) is 0 Å². The van der Waals surface area contributed by atoms with E-state index in [1.807, 2.05) is 13.0 Å². The quantitative estimate of drug-likeness (QED) is 0.568. The fourth-order valence-corrected chi connectivity index (χ4v) is 1.09. The standard InChI is InChI=1S/C8H10ClN/c1-6-3-4-10-8(5-9)7(6)2/h3-4H,5H2,1-2H3. The smallest absolute Gasteiger partial charge is 0.0650 e. The molecule has 0 saturated carbocycles. The summed E-state index contributed by atoms with van der Waals surface area (Å²) in [6.07, 6.45) is 1.79. The highest BCUT2D eigenvalue weighted by Crippen LogP contribution is 2.10. The van der Waals surface area contributed by atoms with Crippen molar-refractivity contribution >= 4 is 11.6 Å². The van der Waals surface area contributed by atoms with Crippen LogP contribution >= 0.6 is 11.6 Å². The van der Waals surface area contributed by atoms with Crippen molar-refractivity contribution in [3.8, 4) is 0 Å². The summed E-state index contributed by atoms with van der Waals surface area (Å²) in [6, 6.07) is 1.99. The Labute approximate surface area is 66.0 Å². The average molecular weight is 156 g/mol. The number of hydrogen-bond acceptors (Lipinski definition) is 1. The van der Waals surface area contributed by atoms with Crippen molar-refractivity contribution in [2.24, 2.45) is 0 Å². The molecule has 1 aromatic rings. The molecule has 0 fully saturated rings. The first-order chi connectivity index (χ1) is 4.75. The molecule has 2 heteroatoms. The third-order valence-corrected chi connectivity index (χ3v) is 1.96. The molecular weight excluding hydrogens is 146 g/mol. The second-order valence-electron chi connectivity index (χ2n) is 2.33. The minimum absolute atomic E-state index is 0.507. The lowest BCUT2D eigenvalue weighted by atomic mass is 10.1. The van der Waals surface area contributed by atoms with Gasteiger partial charge in [0, 0.05) is 6.20 Å². The van der Waals surface area contributed by atoms with Crippen LogP contribution in [0.15, 0.2) is 12.3 Å². The fraction of sp³-hybridized carbons (Fsp3) is 0.375. The number of aryl methyl sites for hydroxylation is 1. The molecule has 0 aliphatic carbocycles. The van der Waals surface area contributed by atoms with E-state index in [9.17, 15) is 0 Å². The third-order valence-electron chi connectivity index (χ3n) is 1.71. The van der Waals surface area contributed by atoms with Gasteiger partial charge in [0.1, 0.15) is 0 Å². The molecule has 0 aliphatic rings. The Morgan fingerprint density at radius 3 is 2.70 bits per heavy atom. The van der Waals surface area contributed by atoms with E-state index >= 15 is 0 Å². The van der Waals surface area contributed by atoms with Gasteiger partial charge in [-0.15, -0.1) is 11.6 Å². The first-order valence-electron chi connectivity index (χ1n) is 3.22. The Balaban J connectivity index is 3.14. The van der Waals surface area contributed by atoms with Crippen molar-refractivity contribution in [1.82, 2.24) is 4.98 Å². The van der Waals surface area contributed by atoms with Crippen molar-refractivity contribution in [2.45, 2.75) is 19.7 Å². The van der Waals surface area contributed by atoms with E-state index in [2.05, 4.69) is 11.9 Å². The second kappa shape index (κ2) is 3.02. The summed E-state index contributed by atoms with van der Waals surface area (Å²) < 4.78 is 0. The first-order valence-corrected chi connectivity index (χ1v) is 3.76. The summed E-state index contributed by atoms with van der Waals surface area (Å²) in [7, 11) is 0. The van der Waals surface area contributed by atoms with Crippen LogP contribution in [0.4, 0.5) is 0 Å². The minimum atomic E-state index is 0.507. The molecule has 0 radical (unpaired) electrons. The average Bonchev–Trinajstić information content (AvgIpc) is 1.95. The van der Waals surface area contributed by atoms with Crippen LogP contribution in [0.25, 0.3) is 0 Å². The molecule has 0 aromatic carbocycles. The maximum Gasteiger partial charge on any atom is 0.0650 e. The van der Waals surface area contributed by atoms with Crippen molar-refractivity contribution in [3.05, 3.63) is 29.1 Å². The van der Waals surface area contributed by atoms with Crippen molar-refractivity contribution < 1.29 is 0 Å². The predicted octanol–water partition coefficient (Wildman–Crippen LogP) is 2.44. The van der Waals surface area contributed by atoms with E-state index in [1.165, 1.54) is 11.1 Å². The summed E-state index contributed by atoms with van der Waals surface area (Å²) in [5.74, 6) is 0.507. The van der Waals surface area contributed by atoms with Gasteiger partial charge in [0.05, 0.1) is 11.6 Å². The Bertz CT molecular complexity index is 233. The van der Waals surface area contributed by atoms with Crippen molar-refractivity contribution in [2.75, 3.05) is 0 Å². The topological polar surface area (TPSA) is 12.9 Å². The summed E-state index contributed by atoms with van der Waals surface area (Å²) in [5.41, 5.74) is 3.45.